The van der Waals surface area contributed by atoms with E-state index in [4.69, 9.17) is 9.73 Å². The highest BCUT2D eigenvalue weighted by Gasteiger charge is 2.28. The molecule has 23 heavy (non-hydrogen) atoms. The third kappa shape index (κ3) is 7.13. The maximum absolute atomic E-state index is 9.35. The predicted octanol–water partition coefficient (Wildman–Crippen LogP) is 2.73. The number of hydrogen-bond donors (Lipinski definition) is 2. The maximum atomic E-state index is 9.35. The van der Waals surface area contributed by atoms with Crippen LogP contribution in [0.2, 0.25) is 0 Å². The molecule has 1 heterocycles. The molecular formula is C17H36IN3O2. The van der Waals surface area contributed by atoms with Crippen LogP contribution < -0.4 is 5.32 Å². The molecular weight excluding hydrogens is 405 g/mol. The molecule has 1 fully saturated rings. The number of hydrogen-bond acceptors (Lipinski definition) is 3. The number of aliphatic hydroxyl groups excluding tert-OH is 1. The van der Waals surface area contributed by atoms with Gasteiger partial charge in [0.1, 0.15) is 0 Å². The molecule has 0 bridgehead atoms. The van der Waals surface area contributed by atoms with E-state index >= 15 is 0 Å². The summed E-state index contributed by atoms with van der Waals surface area (Å²) in [5, 5.41) is 12.8. The maximum Gasteiger partial charge on any atom is 0.193 e. The number of halogens is 1. The van der Waals surface area contributed by atoms with Crippen molar-refractivity contribution in [1.82, 2.24) is 10.2 Å². The van der Waals surface area contributed by atoms with E-state index in [1.165, 1.54) is 6.42 Å². The van der Waals surface area contributed by atoms with Crippen molar-refractivity contribution in [3.8, 4) is 0 Å². The molecule has 1 unspecified atom stereocenters. The second-order valence-corrected chi connectivity index (χ2v) is 6.41. The number of aliphatic imine (C=N–C) groups is 1. The van der Waals surface area contributed by atoms with Crippen molar-refractivity contribution in [3.05, 3.63) is 0 Å². The third-order valence-corrected chi connectivity index (χ3v) is 5.03. The summed E-state index contributed by atoms with van der Waals surface area (Å²) in [5.74, 6) is 1.62. The number of methoxy groups -OCH3 is 1. The Hall–Kier alpha value is -0.0800. The first-order valence-electron chi connectivity index (χ1n) is 8.77. The highest BCUT2D eigenvalue weighted by Crippen LogP contribution is 2.31. The molecule has 1 rings (SSSR count). The van der Waals surface area contributed by atoms with E-state index in [0.717, 1.165) is 58.0 Å². The minimum atomic E-state index is 0. The number of likely N-dealkylation sites (tertiary alicyclic amines) is 1. The lowest BCUT2D eigenvalue weighted by Crippen LogP contribution is -2.41. The number of aliphatic hydroxyl groups is 1. The number of rotatable bonds is 9. The fraction of sp³-hybridized carbons (Fsp3) is 0.941. The SMILES string of the molecule is CCNC(=NCC(CC)(CC)CCO)N1CCC(COC)C1.I. The summed E-state index contributed by atoms with van der Waals surface area (Å²) in [6, 6.07) is 0. The molecule has 138 valence electrons. The van der Waals surface area contributed by atoms with E-state index in [2.05, 4.69) is 31.0 Å². The highest BCUT2D eigenvalue weighted by molar-refractivity contribution is 14.0. The Balaban J connectivity index is 0.00000484. The fourth-order valence-electron chi connectivity index (χ4n) is 3.21. The highest BCUT2D eigenvalue weighted by atomic mass is 127. The van der Waals surface area contributed by atoms with Gasteiger partial charge in [0.2, 0.25) is 0 Å². The summed E-state index contributed by atoms with van der Waals surface area (Å²) in [7, 11) is 1.77. The van der Waals surface area contributed by atoms with Gasteiger partial charge in [-0.25, -0.2) is 0 Å². The van der Waals surface area contributed by atoms with Crippen LogP contribution in [-0.4, -0.2) is 62.5 Å². The molecule has 1 aliphatic rings. The van der Waals surface area contributed by atoms with Crippen molar-refractivity contribution < 1.29 is 9.84 Å². The topological polar surface area (TPSA) is 57.1 Å². The summed E-state index contributed by atoms with van der Waals surface area (Å²) in [5.41, 5.74) is 0.126. The normalized spacial score (nSPS) is 18.9. The Labute approximate surface area is 159 Å². The molecule has 0 aliphatic carbocycles. The number of guanidine groups is 1. The lowest BCUT2D eigenvalue weighted by molar-refractivity contribution is 0.157. The van der Waals surface area contributed by atoms with Gasteiger partial charge in [-0.3, -0.25) is 4.99 Å². The molecule has 0 aromatic rings. The summed E-state index contributed by atoms with van der Waals surface area (Å²) in [6.45, 7) is 11.3. The Morgan fingerprint density at radius 3 is 2.57 bits per heavy atom. The molecule has 1 aliphatic heterocycles. The minimum absolute atomic E-state index is 0. The van der Waals surface area contributed by atoms with Crippen LogP contribution in [0.4, 0.5) is 0 Å². The first kappa shape index (κ1) is 22.9. The van der Waals surface area contributed by atoms with Gasteiger partial charge in [-0.05, 0) is 38.0 Å². The van der Waals surface area contributed by atoms with Crippen LogP contribution in [0, 0.1) is 11.3 Å². The molecule has 0 amide bonds. The molecule has 0 aromatic carbocycles. The number of nitrogens with one attached hydrogen (secondary N) is 1. The standard InChI is InChI=1S/C17H35N3O2.HI/c1-5-17(6-2,9-11-21)14-19-16(18-7-3)20-10-8-15(12-20)13-22-4;/h15,21H,5-14H2,1-4H3,(H,18,19);1H. The smallest absolute Gasteiger partial charge is 0.193 e. The minimum Gasteiger partial charge on any atom is -0.396 e. The molecule has 0 aromatic heterocycles. The Bertz CT molecular complexity index is 336. The molecule has 0 radical (unpaired) electrons. The zero-order valence-electron chi connectivity index (χ0n) is 15.3. The lowest BCUT2D eigenvalue weighted by Gasteiger charge is -2.30. The van der Waals surface area contributed by atoms with Crippen LogP contribution in [0.25, 0.3) is 0 Å². The van der Waals surface area contributed by atoms with Crippen molar-refractivity contribution in [2.24, 2.45) is 16.3 Å². The van der Waals surface area contributed by atoms with Crippen molar-refractivity contribution in [2.45, 2.75) is 46.5 Å². The Kier molecular flexibility index (Phi) is 12.3. The van der Waals surface area contributed by atoms with Gasteiger partial charge in [0.25, 0.3) is 0 Å². The van der Waals surface area contributed by atoms with Crippen LogP contribution in [0.15, 0.2) is 4.99 Å². The van der Waals surface area contributed by atoms with Gasteiger partial charge in [-0.1, -0.05) is 13.8 Å². The summed E-state index contributed by atoms with van der Waals surface area (Å²) in [6.07, 6.45) is 4.11. The van der Waals surface area contributed by atoms with E-state index in [-0.39, 0.29) is 36.0 Å². The first-order valence-corrected chi connectivity index (χ1v) is 8.77. The monoisotopic (exact) mass is 441 g/mol. The lowest BCUT2D eigenvalue weighted by atomic mass is 9.79. The van der Waals surface area contributed by atoms with Crippen molar-refractivity contribution in [1.29, 1.82) is 0 Å². The van der Waals surface area contributed by atoms with Gasteiger partial charge in [-0.15, -0.1) is 24.0 Å². The summed E-state index contributed by atoms with van der Waals surface area (Å²) in [4.78, 5) is 7.25. The average Bonchev–Trinajstić information content (AvgIpc) is 2.99. The summed E-state index contributed by atoms with van der Waals surface area (Å²) >= 11 is 0. The zero-order valence-corrected chi connectivity index (χ0v) is 17.6. The van der Waals surface area contributed by atoms with Crippen LogP contribution >= 0.6 is 24.0 Å². The molecule has 0 saturated carbocycles. The fourth-order valence-corrected chi connectivity index (χ4v) is 3.21. The second-order valence-electron chi connectivity index (χ2n) is 6.41. The van der Waals surface area contributed by atoms with Crippen molar-refractivity contribution in [2.75, 3.05) is 46.5 Å². The van der Waals surface area contributed by atoms with Gasteiger partial charge in [0, 0.05) is 45.8 Å². The van der Waals surface area contributed by atoms with Gasteiger partial charge >= 0.3 is 0 Å². The largest absolute Gasteiger partial charge is 0.396 e. The Morgan fingerprint density at radius 2 is 2.04 bits per heavy atom. The van der Waals surface area contributed by atoms with Gasteiger partial charge in [0.05, 0.1) is 6.61 Å². The van der Waals surface area contributed by atoms with Crippen LogP contribution in [0.5, 0.6) is 0 Å². The predicted molar refractivity (Wildman–Crippen MR) is 108 cm³/mol. The first-order chi connectivity index (χ1) is 10.6. The van der Waals surface area contributed by atoms with E-state index in [1.54, 1.807) is 7.11 Å². The van der Waals surface area contributed by atoms with Crippen molar-refractivity contribution in [3.63, 3.8) is 0 Å². The van der Waals surface area contributed by atoms with Crippen LogP contribution in [0.3, 0.4) is 0 Å². The van der Waals surface area contributed by atoms with Crippen molar-refractivity contribution >= 4 is 29.9 Å². The van der Waals surface area contributed by atoms with E-state index in [1.807, 2.05) is 0 Å². The molecule has 1 atom stereocenters. The van der Waals surface area contributed by atoms with Gasteiger partial charge in [-0.2, -0.15) is 0 Å². The quantitative estimate of drug-likeness (QED) is 0.328. The molecule has 6 heteroatoms. The second kappa shape index (κ2) is 12.3. The molecule has 5 nitrogen and oxygen atoms in total. The summed E-state index contributed by atoms with van der Waals surface area (Å²) < 4.78 is 5.28. The Morgan fingerprint density at radius 1 is 1.35 bits per heavy atom. The number of ether oxygens (including phenoxy) is 1. The zero-order chi connectivity index (χ0) is 16.4. The van der Waals surface area contributed by atoms with E-state index in [9.17, 15) is 5.11 Å². The van der Waals surface area contributed by atoms with Crippen LogP contribution in [-0.2, 0) is 4.74 Å². The van der Waals surface area contributed by atoms with Gasteiger partial charge in [0.15, 0.2) is 5.96 Å². The van der Waals surface area contributed by atoms with Crippen LogP contribution in [0.1, 0.15) is 46.5 Å². The average molecular weight is 441 g/mol. The molecule has 1 saturated heterocycles. The van der Waals surface area contributed by atoms with E-state index < -0.39 is 0 Å². The third-order valence-electron chi connectivity index (χ3n) is 5.03. The molecule has 0 spiro atoms. The van der Waals surface area contributed by atoms with Gasteiger partial charge < -0.3 is 20.1 Å². The number of nitrogens with zero attached hydrogens (tertiary/aromatic N) is 2. The van der Waals surface area contributed by atoms with E-state index in [0.29, 0.717) is 5.92 Å². The molecule has 2 N–H and O–H groups in total.